The first-order valence-corrected chi connectivity index (χ1v) is 9.06. The number of aliphatic hydroxyl groups is 1. The minimum Gasteiger partial charge on any atom is -0.389 e. The molecule has 0 spiro atoms. The molecule has 1 aliphatic carbocycles. The van der Waals surface area contributed by atoms with Crippen LogP contribution in [0.25, 0.3) is 0 Å². The molecule has 1 saturated carbocycles. The van der Waals surface area contributed by atoms with Crippen LogP contribution in [0.15, 0.2) is 4.47 Å². The highest BCUT2D eigenvalue weighted by Gasteiger charge is 2.36. The van der Waals surface area contributed by atoms with Gasteiger partial charge in [0, 0.05) is 13.5 Å². The van der Waals surface area contributed by atoms with Gasteiger partial charge in [0.1, 0.15) is 0 Å². The van der Waals surface area contributed by atoms with Crippen LogP contribution >= 0.6 is 15.9 Å². The average Bonchev–Trinajstić information content (AvgIpc) is 2.65. The molecule has 0 bridgehead atoms. The SMILES string of the molecule is CCc1nn(C)c(CC2(O)CCCC(CC(C)C)C2)c1Br. The Morgan fingerprint density at radius 1 is 1.48 bits per heavy atom. The van der Waals surface area contributed by atoms with Crippen molar-refractivity contribution in [3.8, 4) is 0 Å². The van der Waals surface area contributed by atoms with Crippen molar-refractivity contribution in [1.82, 2.24) is 9.78 Å². The van der Waals surface area contributed by atoms with Gasteiger partial charge in [-0.25, -0.2) is 0 Å². The molecule has 0 aromatic carbocycles. The molecule has 1 aromatic heterocycles. The van der Waals surface area contributed by atoms with Gasteiger partial charge in [0.25, 0.3) is 0 Å². The van der Waals surface area contributed by atoms with Gasteiger partial charge in [0.15, 0.2) is 0 Å². The highest BCUT2D eigenvalue weighted by molar-refractivity contribution is 9.10. The van der Waals surface area contributed by atoms with Crippen LogP contribution in [-0.4, -0.2) is 20.5 Å². The molecular formula is C17H29BrN2O. The van der Waals surface area contributed by atoms with Gasteiger partial charge < -0.3 is 5.11 Å². The molecule has 1 fully saturated rings. The van der Waals surface area contributed by atoms with E-state index in [0.29, 0.717) is 18.3 Å². The zero-order valence-electron chi connectivity index (χ0n) is 13.8. The van der Waals surface area contributed by atoms with Gasteiger partial charge in [-0.15, -0.1) is 0 Å². The molecule has 0 amide bonds. The van der Waals surface area contributed by atoms with Gasteiger partial charge in [-0.05, 0) is 53.4 Å². The summed E-state index contributed by atoms with van der Waals surface area (Å²) in [5.41, 5.74) is 1.67. The van der Waals surface area contributed by atoms with E-state index in [1.165, 1.54) is 12.8 Å². The summed E-state index contributed by atoms with van der Waals surface area (Å²) in [6, 6.07) is 0. The molecule has 1 heterocycles. The lowest BCUT2D eigenvalue weighted by Gasteiger charge is -2.37. The van der Waals surface area contributed by atoms with Gasteiger partial charge in [0.05, 0.1) is 21.5 Å². The minimum atomic E-state index is -0.556. The van der Waals surface area contributed by atoms with Crippen LogP contribution in [0.5, 0.6) is 0 Å². The van der Waals surface area contributed by atoms with E-state index in [-0.39, 0.29) is 0 Å². The number of aryl methyl sites for hydroxylation is 2. The summed E-state index contributed by atoms with van der Waals surface area (Å²) in [5, 5.41) is 15.6. The first-order valence-electron chi connectivity index (χ1n) is 8.27. The van der Waals surface area contributed by atoms with Crippen molar-refractivity contribution in [1.29, 1.82) is 0 Å². The van der Waals surface area contributed by atoms with Crippen LogP contribution in [0.3, 0.4) is 0 Å². The molecule has 0 radical (unpaired) electrons. The first-order chi connectivity index (χ1) is 9.84. The highest BCUT2D eigenvalue weighted by atomic mass is 79.9. The Labute approximate surface area is 137 Å². The summed E-state index contributed by atoms with van der Waals surface area (Å²) >= 11 is 3.67. The number of aromatic nitrogens is 2. The molecule has 0 aliphatic heterocycles. The first kappa shape index (κ1) is 17.0. The fourth-order valence-electron chi connectivity index (χ4n) is 3.81. The maximum absolute atomic E-state index is 11.1. The van der Waals surface area contributed by atoms with Gasteiger partial charge in [0.2, 0.25) is 0 Å². The summed E-state index contributed by atoms with van der Waals surface area (Å²) in [7, 11) is 1.98. The second-order valence-electron chi connectivity index (χ2n) is 7.18. The van der Waals surface area contributed by atoms with E-state index < -0.39 is 5.60 Å². The van der Waals surface area contributed by atoms with E-state index in [4.69, 9.17) is 0 Å². The lowest BCUT2D eigenvalue weighted by atomic mass is 9.73. The molecule has 2 atom stereocenters. The van der Waals surface area contributed by atoms with Crippen molar-refractivity contribution < 1.29 is 5.11 Å². The monoisotopic (exact) mass is 356 g/mol. The third-order valence-corrected chi connectivity index (χ3v) is 5.64. The summed E-state index contributed by atoms with van der Waals surface area (Å²) in [6.45, 7) is 6.67. The standard InChI is InChI=1S/C17H29BrN2O/c1-5-14-16(18)15(20(4)19-14)11-17(21)8-6-7-13(10-17)9-12(2)3/h12-13,21H,5-11H2,1-4H3. The number of hydrogen-bond acceptors (Lipinski definition) is 2. The Balaban J connectivity index is 2.12. The molecule has 1 N–H and O–H groups in total. The van der Waals surface area contributed by atoms with Crippen LogP contribution in [0.1, 0.15) is 64.3 Å². The predicted octanol–water partition coefficient (Wildman–Crippen LogP) is 4.25. The van der Waals surface area contributed by atoms with Crippen molar-refractivity contribution in [2.75, 3.05) is 0 Å². The maximum Gasteiger partial charge on any atom is 0.0766 e. The summed E-state index contributed by atoms with van der Waals surface area (Å²) in [6.07, 6.45) is 7.13. The van der Waals surface area contributed by atoms with Crippen LogP contribution < -0.4 is 0 Å². The molecule has 0 saturated heterocycles. The average molecular weight is 357 g/mol. The van der Waals surface area contributed by atoms with E-state index in [0.717, 1.165) is 41.5 Å². The second kappa shape index (κ2) is 6.82. The summed E-state index contributed by atoms with van der Waals surface area (Å²) in [5.74, 6) is 1.38. The molecule has 1 aromatic rings. The Bertz CT molecular complexity index is 483. The van der Waals surface area contributed by atoms with Crippen LogP contribution in [-0.2, 0) is 19.9 Å². The molecule has 4 heteroatoms. The van der Waals surface area contributed by atoms with Crippen molar-refractivity contribution >= 4 is 15.9 Å². The van der Waals surface area contributed by atoms with Crippen LogP contribution in [0.2, 0.25) is 0 Å². The molecule has 2 unspecified atom stereocenters. The van der Waals surface area contributed by atoms with Crippen molar-refractivity contribution in [2.24, 2.45) is 18.9 Å². The molecular weight excluding hydrogens is 328 g/mol. The van der Waals surface area contributed by atoms with Crippen LogP contribution in [0, 0.1) is 11.8 Å². The third-order valence-electron chi connectivity index (χ3n) is 4.73. The summed E-state index contributed by atoms with van der Waals surface area (Å²) < 4.78 is 3.03. The Hall–Kier alpha value is -0.350. The normalized spacial score (nSPS) is 26.5. The lowest BCUT2D eigenvalue weighted by Crippen LogP contribution is -2.38. The molecule has 3 nitrogen and oxygen atoms in total. The van der Waals surface area contributed by atoms with E-state index in [1.807, 2.05) is 11.7 Å². The van der Waals surface area contributed by atoms with E-state index in [1.54, 1.807) is 0 Å². The third kappa shape index (κ3) is 4.10. The Kier molecular flexibility index (Phi) is 5.53. The Morgan fingerprint density at radius 3 is 2.76 bits per heavy atom. The van der Waals surface area contributed by atoms with Crippen molar-refractivity contribution in [2.45, 2.75) is 71.3 Å². The largest absolute Gasteiger partial charge is 0.389 e. The lowest BCUT2D eigenvalue weighted by molar-refractivity contribution is -0.0204. The van der Waals surface area contributed by atoms with E-state index in [2.05, 4.69) is 41.8 Å². The van der Waals surface area contributed by atoms with Gasteiger partial charge in [-0.1, -0.05) is 33.6 Å². The van der Waals surface area contributed by atoms with Crippen molar-refractivity contribution in [3.05, 3.63) is 15.9 Å². The van der Waals surface area contributed by atoms with Gasteiger partial charge in [-0.2, -0.15) is 5.10 Å². The zero-order valence-corrected chi connectivity index (χ0v) is 15.4. The fraction of sp³-hybridized carbons (Fsp3) is 0.824. The summed E-state index contributed by atoms with van der Waals surface area (Å²) in [4.78, 5) is 0. The van der Waals surface area contributed by atoms with E-state index in [9.17, 15) is 5.11 Å². The van der Waals surface area contributed by atoms with E-state index >= 15 is 0 Å². The predicted molar refractivity (Wildman–Crippen MR) is 90.4 cm³/mol. The van der Waals surface area contributed by atoms with Crippen LogP contribution in [0.4, 0.5) is 0 Å². The molecule has 1 aliphatic rings. The van der Waals surface area contributed by atoms with Gasteiger partial charge >= 0.3 is 0 Å². The Morgan fingerprint density at radius 2 is 2.19 bits per heavy atom. The number of rotatable bonds is 5. The number of nitrogens with zero attached hydrogens (tertiary/aromatic N) is 2. The quantitative estimate of drug-likeness (QED) is 0.855. The van der Waals surface area contributed by atoms with Gasteiger partial charge in [-0.3, -0.25) is 4.68 Å². The number of halogens is 1. The topological polar surface area (TPSA) is 38.0 Å². The second-order valence-corrected chi connectivity index (χ2v) is 7.97. The molecule has 120 valence electrons. The highest BCUT2D eigenvalue weighted by Crippen LogP contribution is 2.39. The fourth-order valence-corrected chi connectivity index (χ4v) is 4.57. The smallest absolute Gasteiger partial charge is 0.0766 e. The minimum absolute atomic E-state index is 0.556. The number of hydrogen-bond donors (Lipinski definition) is 1. The molecule has 2 rings (SSSR count). The van der Waals surface area contributed by atoms with Crippen molar-refractivity contribution in [3.63, 3.8) is 0 Å². The zero-order chi connectivity index (χ0) is 15.6. The maximum atomic E-state index is 11.1. The molecule has 21 heavy (non-hydrogen) atoms.